The fourth-order valence-corrected chi connectivity index (χ4v) is 5.95. The first-order chi connectivity index (χ1) is 20.1. The monoisotopic (exact) mass is 606 g/mol. The fourth-order valence-electron chi connectivity index (χ4n) is 5.44. The number of methoxy groups -OCH3 is 1. The van der Waals surface area contributed by atoms with Gasteiger partial charge in [-0.3, -0.25) is 4.79 Å². The lowest BCUT2D eigenvalue weighted by Gasteiger charge is -2.33. The number of amides is 4. The van der Waals surface area contributed by atoms with Crippen molar-refractivity contribution in [3.05, 3.63) is 99.0 Å². The number of rotatable bonds is 5. The SMILES string of the molecule is COC(=O)c1ccc(COC(=O)N2CC(c3ccc(C#N)cc3)C3(C2)C(=O)N(c2cc(Cl)cc(Cl)c2)C(=O)N3C)cc1. The molecule has 0 N–H and O–H groups in total. The van der Waals surface area contributed by atoms with E-state index in [0.717, 1.165) is 4.90 Å². The predicted octanol–water partition coefficient (Wildman–Crippen LogP) is 5.23. The molecule has 0 saturated carbocycles. The van der Waals surface area contributed by atoms with Crippen LogP contribution in [0.25, 0.3) is 0 Å². The van der Waals surface area contributed by atoms with Crippen molar-refractivity contribution in [3.63, 3.8) is 0 Å². The Hall–Kier alpha value is -4.59. The van der Waals surface area contributed by atoms with Crippen LogP contribution in [0.5, 0.6) is 0 Å². The van der Waals surface area contributed by atoms with Crippen LogP contribution in [0, 0.1) is 11.3 Å². The second-order valence-electron chi connectivity index (χ2n) is 9.94. The molecule has 0 aromatic heterocycles. The van der Waals surface area contributed by atoms with Crippen LogP contribution in [0.4, 0.5) is 15.3 Å². The van der Waals surface area contributed by atoms with E-state index in [1.165, 1.54) is 42.2 Å². The van der Waals surface area contributed by atoms with E-state index in [1.807, 2.05) is 0 Å². The molecule has 214 valence electrons. The molecule has 3 aromatic rings. The molecule has 0 radical (unpaired) electrons. The van der Waals surface area contributed by atoms with Gasteiger partial charge in [0.05, 0.1) is 36.5 Å². The molecule has 4 amide bonds. The molecule has 2 fully saturated rings. The van der Waals surface area contributed by atoms with Gasteiger partial charge in [-0.1, -0.05) is 47.5 Å². The van der Waals surface area contributed by atoms with E-state index in [-0.39, 0.29) is 35.4 Å². The molecule has 1 spiro atoms. The average molecular weight is 607 g/mol. The van der Waals surface area contributed by atoms with Gasteiger partial charge in [0.2, 0.25) is 0 Å². The van der Waals surface area contributed by atoms with Crippen LogP contribution in [0.15, 0.2) is 66.7 Å². The maximum atomic E-state index is 14.2. The average Bonchev–Trinajstić information content (AvgIpc) is 3.48. The summed E-state index contributed by atoms with van der Waals surface area (Å²) in [4.78, 5) is 56.6. The third kappa shape index (κ3) is 5.02. The van der Waals surface area contributed by atoms with Crippen LogP contribution in [0.3, 0.4) is 0 Å². The maximum Gasteiger partial charge on any atom is 0.410 e. The Morgan fingerprint density at radius 2 is 1.67 bits per heavy atom. The minimum absolute atomic E-state index is 0.0690. The largest absolute Gasteiger partial charge is 0.465 e. The number of hydrogen-bond donors (Lipinski definition) is 0. The highest BCUT2D eigenvalue weighted by atomic mass is 35.5. The number of carbonyl (C=O) groups is 4. The molecular formula is C30H24Cl2N4O6. The van der Waals surface area contributed by atoms with Gasteiger partial charge in [-0.25, -0.2) is 19.3 Å². The zero-order valence-electron chi connectivity index (χ0n) is 22.5. The first kappa shape index (κ1) is 28.9. The number of benzene rings is 3. The number of hydrogen-bond acceptors (Lipinski definition) is 7. The van der Waals surface area contributed by atoms with Gasteiger partial charge in [0.1, 0.15) is 12.1 Å². The fraction of sp³-hybridized carbons (Fsp3) is 0.233. The highest BCUT2D eigenvalue weighted by Crippen LogP contribution is 2.46. The van der Waals surface area contributed by atoms with Crippen molar-refractivity contribution in [2.75, 3.05) is 32.1 Å². The molecule has 0 bridgehead atoms. The minimum atomic E-state index is -1.47. The summed E-state index contributed by atoms with van der Waals surface area (Å²) in [5, 5.41) is 9.77. The van der Waals surface area contributed by atoms with Crippen molar-refractivity contribution in [1.82, 2.24) is 9.80 Å². The quantitative estimate of drug-likeness (QED) is 0.288. The summed E-state index contributed by atoms with van der Waals surface area (Å²) in [6.45, 7) is -0.148. The van der Waals surface area contributed by atoms with Gasteiger partial charge in [-0.2, -0.15) is 5.26 Å². The molecule has 2 aliphatic heterocycles. The Bertz CT molecular complexity index is 1600. The third-order valence-electron chi connectivity index (χ3n) is 7.60. The number of anilines is 1. The molecule has 12 heteroatoms. The van der Waals surface area contributed by atoms with E-state index < -0.39 is 35.5 Å². The molecule has 2 atom stereocenters. The van der Waals surface area contributed by atoms with E-state index in [4.69, 9.17) is 32.7 Å². The number of likely N-dealkylation sites (tertiary alicyclic amines) is 1. The summed E-state index contributed by atoms with van der Waals surface area (Å²) in [5.74, 6) is -1.67. The number of nitrogens with zero attached hydrogens (tertiary/aromatic N) is 4. The predicted molar refractivity (Wildman–Crippen MR) is 153 cm³/mol. The van der Waals surface area contributed by atoms with Crippen LogP contribution < -0.4 is 4.90 Å². The van der Waals surface area contributed by atoms with E-state index in [1.54, 1.807) is 48.5 Å². The van der Waals surface area contributed by atoms with Gasteiger partial charge in [0, 0.05) is 29.6 Å². The van der Waals surface area contributed by atoms with Crippen molar-refractivity contribution in [3.8, 4) is 6.07 Å². The number of ether oxygens (including phenoxy) is 2. The maximum absolute atomic E-state index is 14.2. The molecule has 2 heterocycles. The van der Waals surface area contributed by atoms with Gasteiger partial charge in [0.25, 0.3) is 5.91 Å². The highest BCUT2D eigenvalue weighted by molar-refractivity contribution is 6.35. The molecule has 0 aliphatic carbocycles. The van der Waals surface area contributed by atoms with Gasteiger partial charge in [-0.05, 0) is 53.6 Å². The van der Waals surface area contributed by atoms with Gasteiger partial charge < -0.3 is 19.3 Å². The Morgan fingerprint density at radius 3 is 2.26 bits per heavy atom. The first-order valence-electron chi connectivity index (χ1n) is 12.8. The number of nitriles is 1. The molecular weight excluding hydrogens is 583 g/mol. The lowest BCUT2D eigenvalue weighted by molar-refractivity contribution is -0.124. The second-order valence-corrected chi connectivity index (χ2v) is 10.8. The highest BCUT2D eigenvalue weighted by Gasteiger charge is 2.65. The normalized spacial score (nSPS) is 19.8. The van der Waals surface area contributed by atoms with E-state index in [0.29, 0.717) is 22.3 Å². The van der Waals surface area contributed by atoms with E-state index in [2.05, 4.69) is 6.07 Å². The zero-order chi connectivity index (χ0) is 30.2. The molecule has 10 nitrogen and oxygen atoms in total. The molecule has 5 rings (SSSR count). The number of likely N-dealkylation sites (N-methyl/N-ethyl adjacent to an activating group) is 1. The molecule has 42 heavy (non-hydrogen) atoms. The molecule has 2 aliphatic rings. The number of urea groups is 1. The van der Waals surface area contributed by atoms with Crippen molar-refractivity contribution in [2.24, 2.45) is 0 Å². The number of carbonyl (C=O) groups excluding carboxylic acids is 4. The smallest absolute Gasteiger partial charge is 0.410 e. The minimum Gasteiger partial charge on any atom is -0.465 e. The summed E-state index contributed by atoms with van der Waals surface area (Å²) in [7, 11) is 2.80. The van der Waals surface area contributed by atoms with Crippen molar-refractivity contribution < 1.29 is 28.7 Å². The summed E-state index contributed by atoms with van der Waals surface area (Å²) in [5.41, 5.74) is 0.834. The Morgan fingerprint density at radius 1 is 1.02 bits per heavy atom. The number of esters is 1. The Balaban J connectivity index is 1.45. The van der Waals surface area contributed by atoms with Crippen LogP contribution in [-0.2, 0) is 20.9 Å². The summed E-state index contributed by atoms with van der Waals surface area (Å²) >= 11 is 12.4. The van der Waals surface area contributed by atoms with Crippen molar-refractivity contribution in [2.45, 2.75) is 18.1 Å². The van der Waals surface area contributed by atoms with Gasteiger partial charge >= 0.3 is 18.1 Å². The van der Waals surface area contributed by atoms with Crippen LogP contribution in [-0.4, -0.2) is 66.6 Å². The summed E-state index contributed by atoms with van der Waals surface area (Å²) < 4.78 is 10.3. The van der Waals surface area contributed by atoms with Crippen LogP contribution in [0.1, 0.15) is 33.0 Å². The summed E-state index contributed by atoms with van der Waals surface area (Å²) in [6.07, 6.45) is -0.680. The molecule has 3 aromatic carbocycles. The van der Waals surface area contributed by atoms with E-state index in [9.17, 15) is 24.4 Å². The van der Waals surface area contributed by atoms with Gasteiger partial charge in [-0.15, -0.1) is 0 Å². The lowest BCUT2D eigenvalue weighted by atomic mass is 9.80. The number of halogens is 2. The van der Waals surface area contributed by atoms with Gasteiger partial charge in [0.15, 0.2) is 0 Å². The van der Waals surface area contributed by atoms with E-state index >= 15 is 0 Å². The Kier molecular flexibility index (Phi) is 7.82. The van der Waals surface area contributed by atoms with Crippen LogP contribution in [0.2, 0.25) is 10.0 Å². The number of imide groups is 1. The summed E-state index contributed by atoms with van der Waals surface area (Å²) in [6, 6.07) is 19.0. The molecule has 2 saturated heterocycles. The standard InChI is InChI=1S/C30H24Cl2N4O6/c1-34-28(39)36(24-12-22(31)11-23(32)13-24)27(38)30(34)17-35(15-25(30)20-7-3-18(14-33)4-8-20)29(40)42-16-19-5-9-21(10-6-19)26(37)41-2/h3-13,25H,15-17H2,1-2H3. The van der Waals surface area contributed by atoms with Crippen molar-refractivity contribution in [1.29, 1.82) is 5.26 Å². The molecule has 2 unspecified atom stereocenters. The van der Waals surface area contributed by atoms with Crippen LogP contribution >= 0.6 is 23.2 Å². The topological polar surface area (TPSA) is 120 Å². The third-order valence-corrected chi connectivity index (χ3v) is 8.04. The zero-order valence-corrected chi connectivity index (χ0v) is 24.1. The first-order valence-corrected chi connectivity index (χ1v) is 13.5. The van der Waals surface area contributed by atoms with Crippen molar-refractivity contribution >= 4 is 52.9 Å². The Labute approximate surface area is 251 Å². The second kappa shape index (κ2) is 11.4. The lowest BCUT2D eigenvalue weighted by Crippen LogP contribution is -2.54.